The van der Waals surface area contributed by atoms with Gasteiger partial charge in [0, 0.05) is 12.4 Å². The number of nitrogens with one attached hydrogen (secondary N) is 1. The summed E-state index contributed by atoms with van der Waals surface area (Å²) in [4.78, 5) is 21.9. The predicted octanol–water partition coefficient (Wildman–Crippen LogP) is 4.30. The molecule has 0 bridgehead atoms. The van der Waals surface area contributed by atoms with Crippen LogP contribution in [-0.4, -0.2) is 29.5 Å². The van der Waals surface area contributed by atoms with Crippen molar-refractivity contribution in [1.29, 1.82) is 0 Å². The van der Waals surface area contributed by atoms with Gasteiger partial charge >= 0.3 is 0 Å². The molecule has 13 heteroatoms. The molecule has 3 aromatic heterocycles. The normalized spacial score (nSPS) is 11.2. The summed E-state index contributed by atoms with van der Waals surface area (Å²) in [6.45, 7) is 9.04. The van der Waals surface area contributed by atoms with Crippen molar-refractivity contribution in [2.24, 2.45) is 10.2 Å². The second-order valence-corrected chi connectivity index (χ2v) is 6.93. The van der Waals surface area contributed by atoms with Gasteiger partial charge in [0.1, 0.15) is 5.69 Å². The highest BCUT2D eigenvalue weighted by atomic mass is 35.5. The van der Waals surface area contributed by atoms with Crippen LogP contribution in [-0.2, 0) is 0 Å². The molecule has 0 amide bonds. The number of halogens is 2. The van der Waals surface area contributed by atoms with Crippen LogP contribution in [0.2, 0.25) is 10.0 Å². The monoisotopic (exact) mass is 454 g/mol. The van der Waals surface area contributed by atoms with Gasteiger partial charge in [-0.1, -0.05) is 29.3 Å². The van der Waals surface area contributed by atoms with Gasteiger partial charge in [-0.25, -0.2) is 14.5 Å². The summed E-state index contributed by atoms with van der Waals surface area (Å²) < 4.78 is 2.49. The number of hydrogen-bond acceptors (Lipinski definition) is 7. The van der Waals surface area contributed by atoms with Crippen LogP contribution in [0.1, 0.15) is 5.69 Å². The fourth-order valence-corrected chi connectivity index (χ4v) is 3.33. The first-order chi connectivity index (χ1) is 14.9. The van der Waals surface area contributed by atoms with Gasteiger partial charge < -0.3 is 10.7 Å². The third-order valence-electron chi connectivity index (χ3n) is 4.19. The number of aromatic nitrogens is 6. The van der Waals surface area contributed by atoms with Crippen molar-refractivity contribution in [3.63, 3.8) is 0 Å². The van der Waals surface area contributed by atoms with Crippen LogP contribution in [0.3, 0.4) is 0 Å². The van der Waals surface area contributed by atoms with Gasteiger partial charge in [-0.2, -0.15) is 14.9 Å². The maximum absolute atomic E-state index is 12.0. The van der Waals surface area contributed by atoms with E-state index < -0.39 is 5.56 Å². The average molecular weight is 455 g/mol. The van der Waals surface area contributed by atoms with E-state index in [0.29, 0.717) is 21.4 Å². The van der Waals surface area contributed by atoms with Crippen molar-refractivity contribution >= 4 is 46.2 Å². The van der Waals surface area contributed by atoms with Gasteiger partial charge in [0.15, 0.2) is 17.3 Å². The minimum absolute atomic E-state index is 0.0145. The highest BCUT2D eigenvalue weighted by Crippen LogP contribution is 2.38. The summed E-state index contributed by atoms with van der Waals surface area (Å²) in [7, 11) is 0. The Morgan fingerprint density at radius 2 is 1.97 bits per heavy atom. The third kappa shape index (κ3) is 3.54. The molecule has 0 saturated carbocycles. The first-order valence-electron chi connectivity index (χ1n) is 8.63. The maximum Gasteiger partial charge on any atom is 0.293 e. The SMILES string of the molecule is [C-]#[N+]c1cnn(-c2c(Cl)cccc2Cl)c1N=Nc1c(C)nn(-c2ncc[nH]c2=O)c1N. The smallest absolute Gasteiger partial charge is 0.293 e. The lowest BCUT2D eigenvalue weighted by molar-refractivity contribution is 0.821. The Kier molecular flexibility index (Phi) is 5.24. The Bertz CT molecular complexity index is 1410. The summed E-state index contributed by atoms with van der Waals surface area (Å²) in [5.74, 6) is 0.142. The Labute approximate surface area is 184 Å². The predicted molar refractivity (Wildman–Crippen MR) is 115 cm³/mol. The fourth-order valence-electron chi connectivity index (χ4n) is 2.77. The molecule has 4 aromatic rings. The van der Waals surface area contributed by atoms with Gasteiger partial charge in [0.2, 0.25) is 5.82 Å². The Morgan fingerprint density at radius 3 is 2.65 bits per heavy atom. The lowest BCUT2D eigenvalue weighted by atomic mass is 10.3. The zero-order valence-electron chi connectivity index (χ0n) is 15.8. The van der Waals surface area contributed by atoms with Gasteiger partial charge in [-0.15, -0.1) is 10.2 Å². The molecule has 11 nitrogen and oxygen atoms in total. The Hall–Kier alpha value is -4.01. The summed E-state index contributed by atoms with van der Waals surface area (Å²) in [6.07, 6.45) is 4.13. The quantitative estimate of drug-likeness (QED) is 0.349. The van der Waals surface area contributed by atoms with Crippen LogP contribution in [0.4, 0.5) is 23.0 Å². The van der Waals surface area contributed by atoms with E-state index in [-0.39, 0.29) is 28.8 Å². The Balaban J connectivity index is 1.83. The van der Waals surface area contributed by atoms with Crippen molar-refractivity contribution in [3.8, 4) is 11.5 Å². The highest BCUT2D eigenvalue weighted by Gasteiger charge is 2.19. The van der Waals surface area contributed by atoms with E-state index in [4.69, 9.17) is 35.5 Å². The number of azo groups is 1. The summed E-state index contributed by atoms with van der Waals surface area (Å²) in [5.41, 5.74) is 6.76. The number of benzene rings is 1. The number of nitrogens with two attached hydrogens (primary N) is 1. The van der Waals surface area contributed by atoms with Crippen molar-refractivity contribution in [2.75, 3.05) is 5.73 Å². The number of aryl methyl sites for hydroxylation is 1. The summed E-state index contributed by atoms with van der Waals surface area (Å²) in [6, 6.07) is 4.96. The molecule has 154 valence electrons. The minimum Gasteiger partial charge on any atom is -0.382 e. The number of nitrogen functional groups attached to an aromatic ring is 1. The van der Waals surface area contributed by atoms with E-state index in [0.717, 1.165) is 0 Å². The van der Waals surface area contributed by atoms with Crippen LogP contribution < -0.4 is 11.3 Å². The van der Waals surface area contributed by atoms with Crippen LogP contribution >= 0.6 is 23.2 Å². The van der Waals surface area contributed by atoms with E-state index in [2.05, 4.69) is 35.2 Å². The molecule has 0 radical (unpaired) electrons. The molecule has 0 spiro atoms. The van der Waals surface area contributed by atoms with Crippen molar-refractivity contribution in [3.05, 3.63) is 74.3 Å². The van der Waals surface area contributed by atoms with Crippen LogP contribution in [0, 0.1) is 13.5 Å². The van der Waals surface area contributed by atoms with E-state index >= 15 is 0 Å². The van der Waals surface area contributed by atoms with E-state index in [9.17, 15) is 4.79 Å². The topological polar surface area (TPSA) is 136 Å². The zero-order chi connectivity index (χ0) is 22.1. The first kappa shape index (κ1) is 20.3. The molecule has 0 aliphatic heterocycles. The van der Waals surface area contributed by atoms with Crippen LogP contribution in [0.15, 0.2) is 51.8 Å². The second-order valence-electron chi connectivity index (χ2n) is 6.12. The lowest BCUT2D eigenvalue weighted by Crippen LogP contribution is -2.18. The number of para-hydroxylation sites is 1. The van der Waals surface area contributed by atoms with E-state index in [1.807, 2.05) is 0 Å². The lowest BCUT2D eigenvalue weighted by Gasteiger charge is -2.08. The molecule has 0 saturated heterocycles. The number of hydrogen-bond donors (Lipinski definition) is 2. The molecular formula is C18H12Cl2N10O. The van der Waals surface area contributed by atoms with E-state index in [1.54, 1.807) is 25.1 Å². The first-order valence-corrected chi connectivity index (χ1v) is 9.38. The summed E-state index contributed by atoms with van der Waals surface area (Å²) in [5, 5.41) is 17.4. The van der Waals surface area contributed by atoms with Crippen LogP contribution in [0.25, 0.3) is 16.4 Å². The number of nitrogens with zero attached hydrogens (tertiary/aromatic N) is 8. The van der Waals surface area contributed by atoms with Gasteiger partial charge in [-0.05, 0) is 19.1 Å². The molecule has 0 fully saturated rings. The molecule has 1 aromatic carbocycles. The maximum atomic E-state index is 12.0. The largest absolute Gasteiger partial charge is 0.382 e. The zero-order valence-corrected chi connectivity index (χ0v) is 17.3. The standard InChI is InChI=1S/C18H12Cl2N10O/c1-9-13(15(21)30(28-9)17-18(31)24-7-6-23-17)26-27-16-12(22-2)8-25-29(16)14-10(19)4-3-5-11(14)20/h3-8H,21H2,1H3,(H,24,31). The number of rotatable bonds is 4. The second kappa shape index (κ2) is 8.02. The Morgan fingerprint density at radius 1 is 1.23 bits per heavy atom. The number of aromatic amines is 1. The van der Waals surface area contributed by atoms with Gasteiger partial charge in [0.25, 0.3) is 11.2 Å². The molecule has 0 aliphatic carbocycles. The van der Waals surface area contributed by atoms with Gasteiger partial charge in [-0.3, -0.25) is 4.79 Å². The molecule has 3 heterocycles. The van der Waals surface area contributed by atoms with Crippen molar-refractivity contribution in [2.45, 2.75) is 6.92 Å². The average Bonchev–Trinajstić information content (AvgIpc) is 3.27. The van der Waals surface area contributed by atoms with Crippen molar-refractivity contribution < 1.29 is 0 Å². The third-order valence-corrected chi connectivity index (χ3v) is 4.80. The van der Waals surface area contributed by atoms with Crippen LogP contribution in [0.5, 0.6) is 0 Å². The molecule has 4 rings (SSSR count). The van der Waals surface area contributed by atoms with Crippen molar-refractivity contribution in [1.82, 2.24) is 29.5 Å². The highest BCUT2D eigenvalue weighted by molar-refractivity contribution is 6.37. The number of anilines is 1. The van der Waals surface area contributed by atoms with E-state index in [1.165, 1.54) is 28.0 Å². The molecular weight excluding hydrogens is 443 g/mol. The molecule has 0 atom stereocenters. The summed E-state index contributed by atoms with van der Waals surface area (Å²) >= 11 is 12.5. The molecule has 31 heavy (non-hydrogen) atoms. The minimum atomic E-state index is -0.470. The number of H-pyrrole nitrogens is 1. The molecule has 0 unspecified atom stereocenters. The van der Waals surface area contributed by atoms with Gasteiger partial charge in [0.05, 0.1) is 28.5 Å². The fraction of sp³-hybridized carbons (Fsp3) is 0.0556. The molecule has 3 N–H and O–H groups in total. The molecule has 0 aliphatic rings.